The number of aliphatic hydroxyl groups is 2. The zero-order chi connectivity index (χ0) is 16.3. The SMILES string of the molecule is CCCCCCCC1CCC(CCCC(N)(CO)CO)CC1. The predicted octanol–water partition coefficient (Wildman–Crippen LogP) is 4.01. The van der Waals surface area contributed by atoms with Crippen LogP contribution in [0.5, 0.6) is 0 Å². The largest absolute Gasteiger partial charge is 0.394 e. The highest BCUT2D eigenvalue weighted by molar-refractivity contribution is 4.83. The van der Waals surface area contributed by atoms with Gasteiger partial charge in [0.25, 0.3) is 0 Å². The van der Waals surface area contributed by atoms with Crippen molar-refractivity contribution in [2.45, 2.75) is 95.9 Å². The number of nitrogens with two attached hydrogens (primary N) is 1. The Bertz CT molecular complexity index is 258. The zero-order valence-electron chi connectivity index (χ0n) is 14.7. The fourth-order valence-electron chi connectivity index (χ4n) is 3.80. The molecule has 0 heterocycles. The molecule has 0 aromatic carbocycles. The monoisotopic (exact) mass is 313 g/mol. The first kappa shape index (κ1) is 19.9. The molecule has 0 atom stereocenters. The Morgan fingerprint density at radius 1 is 0.818 bits per heavy atom. The first-order valence-corrected chi connectivity index (χ1v) is 9.64. The Labute approximate surface area is 137 Å². The van der Waals surface area contributed by atoms with E-state index >= 15 is 0 Å². The number of unbranched alkanes of at least 4 members (excludes halogenated alkanes) is 4. The molecule has 0 amide bonds. The van der Waals surface area contributed by atoms with Gasteiger partial charge in [-0.25, -0.2) is 0 Å². The average molecular weight is 314 g/mol. The van der Waals surface area contributed by atoms with E-state index in [2.05, 4.69) is 6.92 Å². The van der Waals surface area contributed by atoms with Crippen LogP contribution in [0.3, 0.4) is 0 Å². The smallest absolute Gasteiger partial charge is 0.0633 e. The first-order valence-electron chi connectivity index (χ1n) is 9.64. The number of aliphatic hydroxyl groups excluding tert-OH is 2. The van der Waals surface area contributed by atoms with Crippen molar-refractivity contribution in [1.82, 2.24) is 0 Å². The Hall–Kier alpha value is -0.120. The van der Waals surface area contributed by atoms with Crippen LogP contribution < -0.4 is 5.73 Å². The van der Waals surface area contributed by atoms with Gasteiger partial charge in [-0.1, -0.05) is 84.0 Å². The highest BCUT2D eigenvalue weighted by Crippen LogP contribution is 2.34. The molecular weight excluding hydrogens is 274 g/mol. The van der Waals surface area contributed by atoms with E-state index in [4.69, 9.17) is 5.73 Å². The van der Waals surface area contributed by atoms with E-state index in [0.29, 0.717) is 0 Å². The van der Waals surface area contributed by atoms with Gasteiger partial charge in [-0.2, -0.15) is 0 Å². The topological polar surface area (TPSA) is 66.5 Å². The van der Waals surface area contributed by atoms with Crippen molar-refractivity contribution in [2.75, 3.05) is 13.2 Å². The van der Waals surface area contributed by atoms with Gasteiger partial charge >= 0.3 is 0 Å². The lowest BCUT2D eigenvalue weighted by atomic mass is 9.77. The molecule has 3 nitrogen and oxygen atoms in total. The van der Waals surface area contributed by atoms with Gasteiger partial charge in [-0.15, -0.1) is 0 Å². The lowest BCUT2D eigenvalue weighted by Gasteiger charge is -2.30. The minimum absolute atomic E-state index is 0.117. The fourth-order valence-corrected chi connectivity index (χ4v) is 3.80. The maximum Gasteiger partial charge on any atom is 0.0633 e. The van der Waals surface area contributed by atoms with E-state index in [-0.39, 0.29) is 13.2 Å². The highest BCUT2D eigenvalue weighted by atomic mass is 16.3. The number of hydrogen-bond acceptors (Lipinski definition) is 3. The third-order valence-corrected chi connectivity index (χ3v) is 5.60. The van der Waals surface area contributed by atoms with Crippen molar-refractivity contribution < 1.29 is 10.2 Å². The second kappa shape index (κ2) is 11.4. The Kier molecular flexibility index (Phi) is 10.3. The maximum atomic E-state index is 9.21. The van der Waals surface area contributed by atoms with Crippen LogP contribution in [-0.4, -0.2) is 29.0 Å². The van der Waals surface area contributed by atoms with Gasteiger partial charge in [0.2, 0.25) is 0 Å². The Balaban J connectivity index is 2.05. The predicted molar refractivity (Wildman–Crippen MR) is 93.8 cm³/mol. The number of rotatable bonds is 12. The third kappa shape index (κ3) is 7.94. The van der Waals surface area contributed by atoms with Crippen molar-refractivity contribution in [2.24, 2.45) is 17.6 Å². The van der Waals surface area contributed by atoms with Gasteiger partial charge in [-0.3, -0.25) is 0 Å². The average Bonchev–Trinajstić information content (AvgIpc) is 2.56. The lowest BCUT2D eigenvalue weighted by molar-refractivity contribution is 0.110. The molecule has 1 rings (SSSR count). The molecule has 0 saturated heterocycles. The van der Waals surface area contributed by atoms with Crippen molar-refractivity contribution in [1.29, 1.82) is 0 Å². The lowest BCUT2D eigenvalue weighted by Crippen LogP contribution is -2.47. The molecule has 0 radical (unpaired) electrons. The standard InChI is InChI=1S/C19H39NO2/c1-2-3-4-5-6-8-17-10-12-18(13-11-17)9-7-14-19(20,15-21)16-22/h17-18,21-22H,2-16,20H2,1H3. The van der Waals surface area contributed by atoms with Crippen LogP contribution in [0.4, 0.5) is 0 Å². The molecule has 0 bridgehead atoms. The quantitative estimate of drug-likeness (QED) is 0.477. The summed E-state index contributed by atoms with van der Waals surface area (Å²) < 4.78 is 0. The molecule has 1 fully saturated rings. The summed E-state index contributed by atoms with van der Waals surface area (Å²) in [4.78, 5) is 0. The molecule has 3 heteroatoms. The summed E-state index contributed by atoms with van der Waals surface area (Å²) in [6.07, 6.45) is 17.0. The van der Waals surface area contributed by atoms with Crippen molar-refractivity contribution in [3.63, 3.8) is 0 Å². The summed E-state index contributed by atoms with van der Waals surface area (Å²) in [6, 6.07) is 0. The van der Waals surface area contributed by atoms with Crippen LogP contribution in [0.2, 0.25) is 0 Å². The molecule has 0 aliphatic heterocycles. The van der Waals surface area contributed by atoms with Crippen LogP contribution in [0, 0.1) is 11.8 Å². The Morgan fingerprint density at radius 2 is 1.32 bits per heavy atom. The molecule has 1 aliphatic rings. The summed E-state index contributed by atoms with van der Waals surface area (Å²) in [5.41, 5.74) is 5.16. The normalized spacial score (nSPS) is 22.9. The molecule has 4 N–H and O–H groups in total. The van der Waals surface area contributed by atoms with E-state index in [1.807, 2.05) is 0 Å². The summed E-state index contributed by atoms with van der Waals surface area (Å²) in [5.74, 6) is 1.82. The van der Waals surface area contributed by atoms with Gasteiger partial charge in [0.05, 0.1) is 18.8 Å². The number of hydrogen-bond donors (Lipinski definition) is 3. The minimum atomic E-state index is -0.768. The zero-order valence-corrected chi connectivity index (χ0v) is 14.7. The maximum absolute atomic E-state index is 9.21. The van der Waals surface area contributed by atoms with Crippen LogP contribution in [0.15, 0.2) is 0 Å². The second-order valence-electron chi connectivity index (χ2n) is 7.66. The van der Waals surface area contributed by atoms with Crippen LogP contribution >= 0.6 is 0 Å². The van der Waals surface area contributed by atoms with Gasteiger partial charge in [-0.05, 0) is 18.3 Å². The molecule has 22 heavy (non-hydrogen) atoms. The van der Waals surface area contributed by atoms with Crippen molar-refractivity contribution in [3.8, 4) is 0 Å². The van der Waals surface area contributed by atoms with Gasteiger partial charge in [0, 0.05) is 0 Å². The van der Waals surface area contributed by atoms with Gasteiger partial charge in [0.1, 0.15) is 0 Å². The van der Waals surface area contributed by atoms with E-state index in [1.54, 1.807) is 0 Å². The minimum Gasteiger partial charge on any atom is -0.394 e. The molecule has 0 aromatic heterocycles. The molecular formula is C19H39NO2. The molecule has 1 saturated carbocycles. The van der Waals surface area contributed by atoms with Crippen LogP contribution in [0.1, 0.15) is 90.4 Å². The molecule has 0 unspecified atom stereocenters. The van der Waals surface area contributed by atoms with Crippen LogP contribution in [-0.2, 0) is 0 Å². The molecule has 132 valence electrons. The van der Waals surface area contributed by atoms with Crippen LogP contribution in [0.25, 0.3) is 0 Å². The summed E-state index contributed by atoms with van der Waals surface area (Å²) >= 11 is 0. The van der Waals surface area contributed by atoms with E-state index < -0.39 is 5.54 Å². The van der Waals surface area contributed by atoms with E-state index in [9.17, 15) is 10.2 Å². The fraction of sp³-hybridized carbons (Fsp3) is 1.00. The van der Waals surface area contributed by atoms with E-state index in [0.717, 1.165) is 24.7 Å². The highest BCUT2D eigenvalue weighted by Gasteiger charge is 2.24. The Morgan fingerprint density at radius 3 is 1.82 bits per heavy atom. The molecule has 0 spiro atoms. The second-order valence-corrected chi connectivity index (χ2v) is 7.66. The van der Waals surface area contributed by atoms with Gasteiger partial charge < -0.3 is 15.9 Å². The van der Waals surface area contributed by atoms with Crippen molar-refractivity contribution in [3.05, 3.63) is 0 Å². The summed E-state index contributed by atoms with van der Waals surface area (Å²) in [5, 5.41) is 18.4. The van der Waals surface area contributed by atoms with Gasteiger partial charge in [0.15, 0.2) is 0 Å². The summed E-state index contributed by atoms with van der Waals surface area (Å²) in [7, 11) is 0. The summed E-state index contributed by atoms with van der Waals surface area (Å²) in [6.45, 7) is 2.04. The third-order valence-electron chi connectivity index (χ3n) is 5.60. The molecule has 1 aliphatic carbocycles. The molecule has 0 aromatic rings. The van der Waals surface area contributed by atoms with E-state index in [1.165, 1.54) is 70.6 Å². The van der Waals surface area contributed by atoms with Crippen molar-refractivity contribution >= 4 is 0 Å². The first-order chi connectivity index (χ1) is 10.6.